The molecule has 0 spiro atoms. The molecule has 1 aromatic carbocycles. The lowest BCUT2D eigenvalue weighted by molar-refractivity contribution is -0.129. The van der Waals surface area contributed by atoms with Gasteiger partial charge in [-0.25, -0.2) is 22.9 Å². The number of sulfonamides is 1. The van der Waals surface area contributed by atoms with Gasteiger partial charge in [-0.15, -0.1) is 0 Å². The summed E-state index contributed by atoms with van der Waals surface area (Å²) in [6.07, 6.45) is 1.49. The Morgan fingerprint density at radius 3 is 2.30 bits per heavy atom. The highest BCUT2D eigenvalue weighted by atomic mass is 32.2. The number of carbonyl (C=O) groups is 1. The highest BCUT2D eigenvalue weighted by molar-refractivity contribution is 7.89. The third-order valence-corrected chi connectivity index (χ3v) is 5.29. The predicted molar refractivity (Wildman–Crippen MR) is 101 cm³/mol. The van der Waals surface area contributed by atoms with E-state index >= 15 is 0 Å². The van der Waals surface area contributed by atoms with E-state index in [1.54, 1.807) is 52.0 Å². The molecule has 0 atom stereocenters. The highest BCUT2D eigenvalue weighted by Gasteiger charge is 2.26. The van der Waals surface area contributed by atoms with Crippen molar-refractivity contribution >= 4 is 28.0 Å². The summed E-state index contributed by atoms with van der Waals surface area (Å²) in [5, 5.41) is 0. The Balaban J connectivity index is 1.84. The average Bonchev–Trinajstić information content (AvgIpc) is 3.12. The molecular weight excluding hydrogens is 368 g/mol. The van der Waals surface area contributed by atoms with Crippen molar-refractivity contribution in [2.24, 2.45) is 4.99 Å². The van der Waals surface area contributed by atoms with Crippen LogP contribution < -0.4 is 4.72 Å². The van der Waals surface area contributed by atoms with E-state index in [9.17, 15) is 13.2 Å². The lowest BCUT2D eigenvalue weighted by Gasteiger charge is -2.20. The van der Waals surface area contributed by atoms with Gasteiger partial charge in [0, 0.05) is 17.2 Å². The second-order valence-electron chi connectivity index (χ2n) is 7.16. The smallest absolute Gasteiger partial charge is 0.363 e. The maximum absolute atomic E-state index is 12.3. The van der Waals surface area contributed by atoms with Gasteiger partial charge in [0.15, 0.2) is 5.70 Å². The fourth-order valence-corrected chi connectivity index (χ4v) is 3.86. The largest absolute Gasteiger partial charge is 0.462 e. The Morgan fingerprint density at radius 2 is 1.74 bits per heavy atom. The van der Waals surface area contributed by atoms with Crippen molar-refractivity contribution < 1.29 is 22.4 Å². The number of carbonyl (C=O) groups excluding carboxylic acids is 1. The fraction of sp³-hybridized carbons (Fsp3) is 0.263. The Labute approximate surface area is 157 Å². The standard InChI is InChI=1S/C19H20N2O5S/c1-12-5-8-14(25-12)11-16-18(22)26-17(20-16)13-6-9-15(10-7-13)27(23,24)21-19(2,3)4/h5-11,21H,1-4H3. The summed E-state index contributed by atoms with van der Waals surface area (Å²) in [5.74, 6) is 0.740. The van der Waals surface area contributed by atoms with Crippen molar-refractivity contribution in [3.05, 3.63) is 59.2 Å². The van der Waals surface area contributed by atoms with Crippen LogP contribution >= 0.6 is 0 Å². The number of hydrogen-bond acceptors (Lipinski definition) is 6. The van der Waals surface area contributed by atoms with Crippen LogP contribution in [-0.2, 0) is 19.6 Å². The molecule has 1 aliphatic rings. The summed E-state index contributed by atoms with van der Waals surface area (Å²) < 4.78 is 37.8. The number of ether oxygens (including phenoxy) is 1. The molecule has 1 aliphatic heterocycles. The number of aliphatic imine (C=N–C) groups is 1. The molecule has 0 radical (unpaired) electrons. The molecule has 0 bridgehead atoms. The van der Waals surface area contributed by atoms with Crippen LogP contribution in [0.3, 0.4) is 0 Å². The molecule has 0 saturated heterocycles. The molecule has 142 valence electrons. The first-order chi connectivity index (χ1) is 12.5. The summed E-state index contributed by atoms with van der Waals surface area (Å²) in [7, 11) is -3.64. The second-order valence-corrected chi connectivity index (χ2v) is 8.85. The molecule has 0 aliphatic carbocycles. The average molecular weight is 388 g/mol. The van der Waals surface area contributed by atoms with Crippen LogP contribution in [0.2, 0.25) is 0 Å². The van der Waals surface area contributed by atoms with Crippen molar-refractivity contribution in [1.82, 2.24) is 4.72 Å². The van der Waals surface area contributed by atoms with Gasteiger partial charge in [-0.1, -0.05) is 0 Å². The van der Waals surface area contributed by atoms with E-state index in [2.05, 4.69) is 9.71 Å². The lowest BCUT2D eigenvalue weighted by Crippen LogP contribution is -2.40. The first kappa shape index (κ1) is 19.1. The number of cyclic esters (lactones) is 1. The molecule has 2 aromatic rings. The van der Waals surface area contributed by atoms with Crippen LogP contribution in [0, 0.1) is 6.92 Å². The number of nitrogens with zero attached hydrogens (tertiary/aromatic N) is 1. The highest BCUT2D eigenvalue weighted by Crippen LogP contribution is 2.21. The summed E-state index contributed by atoms with van der Waals surface area (Å²) in [5.41, 5.74) is 0.0227. The van der Waals surface area contributed by atoms with Gasteiger partial charge >= 0.3 is 5.97 Å². The molecule has 3 rings (SSSR count). The first-order valence-corrected chi connectivity index (χ1v) is 9.75. The first-order valence-electron chi connectivity index (χ1n) is 8.27. The van der Waals surface area contributed by atoms with E-state index in [-0.39, 0.29) is 16.5 Å². The number of esters is 1. The molecule has 0 fully saturated rings. The Morgan fingerprint density at radius 1 is 1.07 bits per heavy atom. The van der Waals surface area contributed by atoms with Gasteiger partial charge in [-0.05, 0) is 64.1 Å². The van der Waals surface area contributed by atoms with Crippen molar-refractivity contribution in [2.45, 2.75) is 38.1 Å². The SMILES string of the molecule is Cc1ccc(C=C2N=C(c3ccc(S(=O)(=O)NC(C)(C)C)cc3)OC2=O)o1. The Kier molecular flexibility index (Phi) is 4.79. The predicted octanol–water partition coefficient (Wildman–Crippen LogP) is 3.01. The van der Waals surface area contributed by atoms with E-state index in [0.717, 1.165) is 5.76 Å². The molecular formula is C19H20N2O5S. The molecule has 8 heteroatoms. The van der Waals surface area contributed by atoms with E-state index in [1.807, 2.05) is 0 Å². The van der Waals surface area contributed by atoms with Gasteiger partial charge < -0.3 is 9.15 Å². The topological polar surface area (TPSA) is 98.0 Å². The van der Waals surface area contributed by atoms with Gasteiger partial charge in [-0.3, -0.25) is 0 Å². The number of rotatable bonds is 4. The van der Waals surface area contributed by atoms with Crippen molar-refractivity contribution in [3.63, 3.8) is 0 Å². The van der Waals surface area contributed by atoms with Crippen molar-refractivity contribution in [2.75, 3.05) is 0 Å². The van der Waals surface area contributed by atoms with Crippen LogP contribution in [0.4, 0.5) is 0 Å². The van der Waals surface area contributed by atoms with E-state index in [0.29, 0.717) is 11.3 Å². The van der Waals surface area contributed by atoms with Crippen LogP contribution in [-0.4, -0.2) is 25.8 Å². The number of furan rings is 1. The van der Waals surface area contributed by atoms with Gasteiger partial charge in [0.1, 0.15) is 11.5 Å². The minimum Gasteiger partial charge on any atom is -0.462 e. The summed E-state index contributed by atoms with van der Waals surface area (Å²) in [4.78, 5) is 16.3. The zero-order valence-corrected chi connectivity index (χ0v) is 16.3. The maximum Gasteiger partial charge on any atom is 0.363 e. The summed E-state index contributed by atoms with van der Waals surface area (Å²) in [6.45, 7) is 7.09. The zero-order valence-electron chi connectivity index (χ0n) is 15.4. The monoisotopic (exact) mass is 388 g/mol. The van der Waals surface area contributed by atoms with Crippen LogP contribution in [0.15, 0.2) is 56.4 Å². The maximum atomic E-state index is 12.3. The quantitative estimate of drug-likeness (QED) is 0.641. The number of aryl methyl sites for hydroxylation is 1. The summed E-state index contributed by atoms with van der Waals surface area (Å²) >= 11 is 0. The molecule has 0 unspecified atom stereocenters. The third-order valence-electron chi connectivity index (χ3n) is 3.51. The van der Waals surface area contributed by atoms with Crippen LogP contribution in [0.1, 0.15) is 37.9 Å². The van der Waals surface area contributed by atoms with Crippen molar-refractivity contribution in [1.29, 1.82) is 0 Å². The zero-order chi connectivity index (χ0) is 19.8. The number of hydrogen-bond donors (Lipinski definition) is 1. The molecule has 1 aromatic heterocycles. The fourth-order valence-electron chi connectivity index (χ4n) is 2.44. The van der Waals surface area contributed by atoms with Crippen LogP contribution in [0.25, 0.3) is 6.08 Å². The number of nitrogens with one attached hydrogen (secondary N) is 1. The third kappa shape index (κ3) is 4.53. The Hall–Kier alpha value is -2.71. The van der Waals surface area contributed by atoms with Gasteiger partial charge in [0.25, 0.3) is 0 Å². The van der Waals surface area contributed by atoms with Gasteiger partial charge in [0.2, 0.25) is 15.9 Å². The van der Waals surface area contributed by atoms with E-state index in [4.69, 9.17) is 9.15 Å². The normalized spacial score (nSPS) is 16.5. The van der Waals surface area contributed by atoms with Crippen molar-refractivity contribution in [3.8, 4) is 0 Å². The minimum atomic E-state index is -3.64. The summed E-state index contributed by atoms with van der Waals surface area (Å²) in [6, 6.07) is 9.48. The molecule has 27 heavy (non-hydrogen) atoms. The Bertz CT molecular complexity index is 1040. The molecule has 0 saturated carbocycles. The van der Waals surface area contributed by atoms with E-state index in [1.165, 1.54) is 18.2 Å². The van der Waals surface area contributed by atoms with Crippen LogP contribution in [0.5, 0.6) is 0 Å². The molecule has 2 heterocycles. The molecule has 1 N–H and O–H groups in total. The van der Waals surface area contributed by atoms with E-state index < -0.39 is 21.5 Å². The molecule has 7 nitrogen and oxygen atoms in total. The molecule has 0 amide bonds. The second kappa shape index (κ2) is 6.79. The van der Waals surface area contributed by atoms with Gasteiger partial charge in [0.05, 0.1) is 4.90 Å². The lowest BCUT2D eigenvalue weighted by atomic mass is 10.1. The minimum absolute atomic E-state index is 0.113. The number of benzene rings is 1. The van der Waals surface area contributed by atoms with Gasteiger partial charge in [-0.2, -0.15) is 0 Å².